The van der Waals surface area contributed by atoms with Crippen molar-refractivity contribution in [3.05, 3.63) is 53.3 Å². The van der Waals surface area contributed by atoms with Gasteiger partial charge in [-0.2, -0.15) is 10.2 Å². The number of hydrogen-bond donors (Lipinski definition) is 3. The highest BCUT2D eigenvalue weighted by atomic mass is 19.1. The number of aromatic nitrogens is 2. The van der Waals surface area contributed by atoms with Gasteiger partial charge in [-0.05, 0) is 37.5 Å². The number of halogens is 1. The van der Waals surface area contributed by atoms with Crippen molar-refractivity contribution in [2.75, 3.05) is 29.2 Å². The number of benzene rings is 1. The number of aryl methyl sites for hydroxylation is 1. The molecule has 2 rings (SSSR count). The molecule has 0 atom stereocenters. The van der Waals surface area contributed by atoms with Gasteiger partial charge in [-0.3, -0.25) is 4.79 Å². The van der Waals surface area contributed by atoms with E-state index in [1.165, 1.54) is 19.3 Å². The first-order valence-electron chi connectivity index (χ1n) is 9.29. The Morgan fingerprint density at radius 2 is 2.10 bits per heavy atom. The molecule has 31 heavy (non-hydrogen) atoms. The van der Waals surface area contributed by atoms with Crippen molar-refractivity contribution >= 4 is 29.0 Å². The average Bonchev–Trinajstić information content (AvgIpc) is 2.76. The Hall–Kier alpha value is -4.07. The summed E-state index contributed by atoms with van der Waals surface area (Å²) in [6, 6.07) is 4.55. The topological polar surface area (TPSA) is 149 Å². The summed E-state index contributed by atoms with van der Waals surface area (Å²) in [5.74, 6) is -1.11. The quantitative estimate of drug-likeness (QED) is 0.224. The lowest BCUT2D eigenvalue weighted by Crippen LogP contribution is -2.15. The molecular formula is C20H25FN8O2. The lowest BCUT2D eigenvalue weighted by Gasteiger charge is -2.16. The highest BCUT2D eigenvalue weighted by Gasteiger charge is 2.15. The predicted molar refractivity (Wildman–Crippen MR) is 118 cm³/mol. The standard InChI is InChI=1S/C18H21FN8O2.C2H4/c1-11-8-12(16(21)28)13(19)9-14(11)24-18-23-10-15(27(2)26-29)17(25-18)22-7-5-3-4-6-20;1-2/h8-10H,3-5,7H2,1-2H3,(H2,21,28)(H2,22,23,24,25);1-2H2. The van der Waals surface area contributed by atoms with Gasteiger partial charge in [-0.25, -0.2) is 14.4 Å². The molecule has 0 saturated heterocycles. The van der Waals surface area contributed by atoms with E-state index in [-0.39, 0.29) is 11.5 Å². The fourth-order valence-electron chi connectivity index (χ4n) is 2.51. The van der Waals surface area contributed by atoms with Crippen molar-refractivity contribution in [3.63, 3.8) is 0 Å². The summed E-state index contributed by atoms with van der Waals surface area (Å²) in [7, 11) is 1.46. The van der Waals surface area contributed by atoms with Gasteiger partial charge in [-0.1, -0.05) is 0 Å². The van der Waals surface area contributed by atoms with Crippen LogP contribution in [0, 0.1) is 29.0 Å². The van der Waals surface area contributed by atoms with Crippen molar-refractivity contribution in [2.24, 2.45) is 11.0 Å². The van der Waals surface area contributed by atoms with Crippen LogP contribution in [0.15, 0.2) is 36.8 Å². The van der Waals surface area contributed by atoms with Gasteiger partial charge in [0, 0.05) is 25.7 Å². The van der Waals surface area contributed by atoms with Crippen LogP contribution in [0.3, 0.4) is 0 Å². The number of unbranched alkanes of at least 4 members (excludes halogenated alkanes) is 2. The highest BCUT2D eigenvalue weighted by Crippen LogP contribution is 2.27. The minimum atomic E-state index is -0.856. The third-order valence-corrected chi connectivity index (χ3v) is 4.07. The normalized spacial score (nSPS) is 9.61. The molecule has 164 valence electrons. The molecule has 0 saturated carbocycles. The van der Waals surface area contributed by atoms with E-state index in [9.17, 15) is 14.1 Å². The molecule has 0 fully saturated rings. The van der Waals surface area contributed by atoms with Gasteiger partial charge in [0.25, 0.3) is 5.91 Å². The molecule has 1 aromatic carbocycles. The second kappa shape index (κ2) is 12.5. The van der Waals surface area contributed by atoms with Crippen LogP contribution in [0.4, 0.5) is 27.5 Å². The Balaban J connectivity index is 0.00000233. The molecule has 0 aliphatic rings. The maximum atomic E-state index is 14.1. The summed E-state index contributed by atoms with van der Waals surface area (Å²) in [6.07, 6.45) is 3.31. The third kappa shape index (κ3) is 7.04. The van der Waals surface area contributed by atoms with Crippen molar-refractivity contribution in [3.8, 4) is 6.07 Å². The summed E-state index contributed by atoms with van der Waals surface area (Å²) < 4.78 is 14.1. The van der Waals surface area contributed by atoms with E-state index < -0.39 is 11.7 Å². The van der Waals surface area contributed by atoms with E-state index >= 15 is 0 Å². The van der Waals surface area contributed by atoms with Crippen LogP contribution in [0.5, 0.6) is 0 Å². The number of primary amides is 1. The molecule has 2 aromatic rings. The van der Waals surface area contributed by atoms with Gasteiger partial charge >= 0.3 is 0 Å². The fraction of sp³-hybridized carbons (Fsp3) is 0.300. The summed E-state index contributed by atoms with van der Waals surface area (Å²) in [6.45, 7) is 8.21. The van der Waals surface area contributed by atoms with Crippen molar-refractivity contribution in [2.45, 2.75) is 26.2 Å². The van der Waals surface area contributed by atoms with Gasteiger partial charge in [-0.15, -0.1) is 18.1 Å². The van der Waals surface area contributed by atoms with E-state index in [1.807, 2.05) is 0 Å². The molecule has 0 aliphatic heterocycles. The Labute approximate surface area is 179 Å². The molecule has 1 heterocycles. The zero-order valence-corrected chi connectivity index (χ0v) is 17.5. The van der Waals surface area contributed by atoms with Crippen LogP contribution in [0.1, 0.15) is 35.2 Å². The van der Waals surface area contributed by atoms with E-state index in [4.69, 9.17) is 11.0 Å². The molecule has 10 nitrogen and oxygen atoms in total. The minimum absolute atomic E-state index is 0.155. The predicted octanol–water partition coefficient (Wildman–Crippen LogP) is 3.79. The SMILES string of the molecule is C=C.Cc1cc(C(N)=O)c(F)cc1Nc1ncc(N(C)N=O)c(NCCCCC#N)n1. The molecule has 1 aromatic heterocycles. The Morgan fingerprint density at radius 1 is 1.39 bits per heavy atom. The monoisotopic (exact) mass is 428 g/mol. The van der Waals surface area contributed by atoms with Crippen LogP contribution in [0.25, 0.3) is 0 Å². The van der Waals surface area contributed by atoms with Gasteiger partial charge < -0.3 is 16.4 Å². The number of nitroso groups, excluding NO2 is 1. The summed E-state index contributed by atoms with van der Waals surface area (Å²) in [4.78, 5) is 30.6. The zero-order valence-electron chi connectivity index (χ0n) is 17.5. The number of nitrogens with one attached hydrogen (secondary N) is 2. The first-order chi connectivity index (χ1) is 14.9. The number of amides is 1. The van der Waals surface area contributed by atoms with Gasteiger partial charge in [0.1, 0.15) is 11.5 Å². The maximum Gasteiger partial charge on any atom is 0.251 e. The van der Waals surface area contributed by atoms with Gasteiger partial charge in [0.05, 0.1) is 23.1 Å². The number of hydrogen-bond acceptors (Lipinski definition) is 8. The average molecular weight is 428 g/mol. The molecule has 1 amide bonds. The molecule has 0 spiro atoms. The van der Waals surface area contributed by atoms with Crippen molar-refractivity contribution in [1.29, 1.82) is 5.26 Å². The molecule has 0 bridgehead atoms. The summed E-state index contributed by atoms with van der Waals surface area (Å²) in [5, 5.41) is 18.5. The number of nitriles is 1. The van der Waals surface area contributed by atoms with Crippen LogP contribution in [0.2, 0.25) is 0 Å². The first kappa shape index (κ1) is 25.0. The second-order valence-corrected chi connectivity index (χ2v) is 6.21. The summed E-state index contributed by atoms with van der Waals surface area (Å²) in [5.41, 5.74) is 6.24. The lowest BCUT2D eigenvalue weighted by atomic mass is 10.1. The molecular weight excluding hydrogens is 403 g/mol. The number of nitrogens with zero attached hydrogens (tertiary/aromatic N) is 5. The maximum absolute atomic E-state index is 14.1. The smallest absolute Gasteiger partial charge is 0.251 e. The second-order valence-electron chi connectivity index (χ2n) is 6.21. The zero-order chi connectivity index (χ0) is 23.4. The molecule has 0 aliphatic carbocycles. The van der Waals surface area contributed by atoms with Crippen molar-refractivity contribution < 1.29 is 9.18 Å². The molecule has 0 radical (unpaired) electrons. The number of anilines is 4. The lowest BCUT2D eigenvalue weighted by molar-refractivity contribution is 0.0996. The fourth-order valence-corrected chi connectivity index (χ4v) is 2.51. The number of nitrogens with two attached hydrogens (primary N) is 1. The first-order valence-corrected chi connectivity index (χ1v) is 9.29. The Bertz CT molecular complexity index is 961. The summed E-state index contributed by atoms with van der Waals surface area (Å²) >= 11 is 0. The largest absolute Gasteiger partial charge is 0.368 e. The Morgan fingerprint density at radius 3 is 2.71 bits per heavy atom. The van der Waals surface area contributed by atoms with E-state index in [1.54, 1.807) is 6.92 Å². The van der Waals surface area contributed by atoms with Gasteiger partial charge in [0.15, 0.2) is 5.82 Å². The number of carbonyl (C=O) groups excluding carboxylic acids is 1. The molecule has 4 N–H and O–H groups in total. The van der Waals surface area contributed by atoms with Crippen LogP contribution < -0.4 is 21.4 Å². The highest BCUT2D eigenvalue weighted by molar-refractivity contribution is 5.94. The van der Waals surface area contributed by atoms with E-state index in [0.717, 1.165) is 23.9 Å². The van der Waals surface area contributed by atoms with Gasteiger partial charge in [0.2, 0.25) is 5.95 Å². The number of carbonyl (C=O) groups is 1. The molecule has 11 heteroatoms. The third-order valence-electron chi connectivity index (χ3n) is 4.07. The molecule has 0 unspecified atom stereocenters. The van der Waals surface area contributed by atoms with E-state index in [2.05, 4.69) is 45.1 Å². The van der Waals surface area contributed by atoms with E-state index in [0.29, 0.717) is 35.7 Å². The Kier molecular flexibility index (Phi) is 10.1. The van der Waals surface area contributed by atoms with Crippen LogP contribution >= 0.6 is 0 Å². The van der Waals surface area contributed by atoms with Crippen LogP contribution in [-0.4, -0.2) is 29.5 Å². The van der Waals surface area contributed by atoms with Crippen molar-refractivity contribution in [1.82, 2.24) is 9.97 Å². The number of rotatable bonds is 10. The minimum Gasteiger partial charge on any atom is -0.368 e. The van der Waals surface area contributed by atoms with Crippen LogP contribution in [-0.2, 0) is 0 Å².